The van der Waals surface area contributed by atoms with Crippen molar-refractivity contribution in [3.05, 3.63) is 48.3 Å². The van der Waals surface area contributed by atoms with Crippen LogP contribution < -0.4 is 4.74 Å². The van der Waals surface area contributed by atoms with Gasteiger partial charge in [-0.15, -0.1) is 10.2 Å². The number of halogens is 1. The third-order valence-corrected chi connectivity index (χ3v) is 6.74. The fraction of sp³-hybridized carbons (Fsp3) is 0.435. The molecule has 2 aromatic heterocycles. The molecule has 3 aromatic rings. The monoisotopic (exact) mass is 423 g/mol. The van der Waals surface area contributed by atoms with Crippen molar-refractivity contribution in [3.63, 3.8) is 0 Å². The van der Waals surface area contributed by atoms with Crippen molar-refractivity contribution in [3.8, 4) is 28.6 Å². The van der Waals surface area contributed by atoms with Crippen LogP contribution in [0, 0.1) is 6.92 Å². The molecule has 0 amide bonds. The molecule has 31 heavy (non-hydrogen) atoms. The maximum absolute atomic E-state index is 14.3. The Morgan fingerprint density at radius 1 is 1.16 bits per heavy atom. The van der Waals surface area contributed by atoms with Gasteiger partial charge in [0, 0.05) is 48.3 Å². The molecule has 5 rings (SSSR count). The normalized spacial score (nSPS) is 28.1. The van der Waals surface area contributed by atoms with E-state index in [1.54, 1.807) is 28.9 Å². The molecule has 1 aromatic carbocycles. The highest BCUT2D eigenvalue weighted by atomic mass is 19.1. The zero-order valence-electron chi connectivity index (χ0n) is 17.9. The fourth-order valence-electron chi connectivity index (χ4n) is 4.94. The molecule has 1 N–H and O–H groups in total. The van der Waals surface area contributed by atoms with Crippen molar-refractivity contribution in [1.29, 1.82) is 0 Å². The van der Waals surface area contributed by atoms with E-state index in [4.69, 9.17) is 4.74 Å². The van der Waals surface area contributed by atoms with Gasteiger partial charge in [-0.25, -0.2) is 9.07 Å². The summed E-state index contributed by atoms with van der Waals surface area (Å²) in [7, 11) is 2.00. The van der Waals surface area contributed by atoms with Gasteiger partial charge < -0.3 is 9.84 Å². The summed E-state index contributed by atoms with van der Waals surface area (Å²) >= 11 is 0. The molecule has 2 bridgehead atoms. The van der Waals surface area contributed by atoms with Gasteiger partial charge in [0.15, 0.2) is 0 Å². The Kier molecular flexibility index (Phi) is 4.69. The number of rotatable bonds is 4. The smallest absolute Gasteiger partial charge is 0.233 e. The fourth-order valence-corrected chi connectivity index (χ4v) is 4.94. The second-order valence-corrected chi connectivity index (χ2v) is 8.93. The van der Waals surface area contributed by atoms with Crippen LogP contribution in [0.15, 0.2) is 42.6 Å². The first-order chi connectivity index (χ1) is 14.8. The van der Waals surface area contributed by atoms with Crippen LogP contribution in [0.3, 0.4) is 0 Å². The number of aryl methyl sites for hydroxylation is 1. The Labute approximate surface area is 180 Å². The average Bonchev–Trinajstić information content (AvgIpc) is 3.21. The van der Waals surface area contributed by atoms with Gasteiger partial charge in [-0.05, 0) is 51.6 Å². The van der Waals surface area contributed by atoms with Crippen molar-refractivity contribution in [2.24, 2.45) is 0 Å². The molecular formula is C23H26FN5O2. The van der Waals surface area contributed by atoms with E-state index in [0.29, 0.717) is 30.0 Å². The molecule has 2 aliphatic heterocycles. The number of aromatic hydroxyl groups is 1. The summed E-state index contributed by atoms with van der Waals surface area (Å²) < 4.78 is 22.1. The first-order valence-electron chi connectivity index (χ1n) is 10.6. The molecule has 4 heterocycles. The van der Waals surface area contributed by atoms with Gasteiger partial charge in [0.05, 0.1) is 17.1 Å². The molecule has 0 aliphatic carbocycles. The Balaban J connectivity index is 1.31. The van der Waals surface area contributed by atoms with E-state index in [2.05, 4.69) is 27.1 Å². The molecule has 8 heteroatoms. The highest BCUT2D eigenvalue weighted by molar-refractivity contribution is 5.68. The van der Waals surface area contributed by atoms with Crippen molar-refractivity contribution in [2.75, 3.05) is 7.05 Å². The number of piperidine rings is 1. The lowest BCUT2D eigenvalue weighted by Crippen LogP contribution is -2.52. The van der Waals surface area contributed by atoms with Gasteiger partial charge in [0.25, 0.3) is 0 Å². The number of hydrogen-bond donors (Lipinski definition) is 1. The lowest BCUT2D eigenvalue weighted by molar-refractivity contribution is 0.0104. The lowest BCUT2D eigenvalue weighted by Gasteiger charge is -2.42. The molecule has 162 valence electrons. The van der Waals surface area contributed by atoms with Crippen molar-refractivity contribution in [2.45, 2.75) is 57.0 Å². The third-order valence-electron chi connectivity index (χ3n) is 6.74. The van der Waals surface area contributed by atoms with Crippen molar-refractivity contribution in [1.82, 2.24) is 24.9 Å². The predicted octanol–water partition coefficient (Wildman–Crippen LogP) is 3.69. The second-order valence-electron chi connectivity index (χ2n) is 8.93. The Morgan fingerprint density at radius 3 is 2.65 bits per heavy atom. The minimum absolute atomic E-state index is 0.0858. The number of hydrogen-bond acceptors (Lipinski definition) is 6. The number of ether oxygens (including phenoxy) is 1. The van der Waals surface area contributed by atoms with E-state index in [1.807, 2.05) is 32.3 Å². The van der Waals surface area contributed by atoms with Crippen molar-refractivity contribution < 1.29 is 14.2 Å². The number of alkyl halides is 1. The molecule has 4 unspecified atom stereocenters. The van der Waals surface area contributed by atoms with Crippen LogP contribution in [0.5, 0.6) is 11.6 Å². The molecule has 4 atom stereocenters. The van der Waals surface area contributed by atoms with Gasteiger partial charge in [-0.1, -0.05) is 0 Å². The van der Waals surface area contributed by atoms with Gasteiger partial charge in [-0.2, -0.15) is 5.10 Å². The van der Waals surface area contributed by atoms with Crippen LogP contribution in [0.1, 0.15) is 31.9 Å². The van der Waals surface area contributed by atoms with Crippen LogP contribution in [-0.4, -0.2) is 60.9 Å². The zero-order valence-corrected chi connectivity index (χ0v) is 17.9. The minimum Gasteiger partial charge on any atom is -0.507 e. The summed E-state index contributed by atoms with van der Waals surface area (Å²) in [6.07, 6.45) is 2.90. The minimum atomic E-state index is -0.811. The number of nitrogens with zero attached hydrogens (tertiary/aromatic N) is 5. The predicted molar refractivity (Wildman–Crippen MR) is 114 cm³/mol. The summed E-state index contributed by atoms with van der Waals surface area (Å²) in [5.41, 5.74) is 2.61. The van der Waals surface area contributed by atoms with Gasteiger partial charge in [0.1, 0.15) is 18.0 Å². The van der Waals surface area contributed by atoms with E-state index in [-0.39, 0.29) is 23.4 Å². The van der Waals surface area contributed by atoms with Gasteiger partial charge in [0.2, 0.25) is 5.88 Å². The topological polar surface area (TPSA) is 76.3 Å². The molecule has 2 aliphatic rings. The Bertz CT molecular complexity index is 1100. The second kappa shape index (κ2) is 7.30. The highest BCUT2D eigenvalue weighted by Gasteiger charge is 2.53. The summed E-state index contributed by atoms with van der Waals surface area (Å²) in [5.74, 6) is 0.516. The zero-order chi connectivity index (χ0) is 21.8. The van der Waals surface area contributed by atoms with Crippen LogP contribution >= 0.6 is 0 Å². The Morgan fingerprint density at radius 2 is 2.00 bits per heavy atom. The van der Waals surface area contributed by atoms with Crippen LogP contribution in [0.25, 0.3) is 16.9 Å². The van der Waals surface area contributed by atoms with E-state index in [9.17, 15) is 9.50 Å². The molecule has 0 spiro atoms. The molecular weight excluding hydrogens is 397 g/mol. The number of phenolic OH excluding ortho intramolecular Hbond substituents is 1. The first-order valence-corrected chi connectivity index (χ1v) is 10.6. The molecule has 0 radical (unpaired) electrons. The van der Waals surface area contributed by atoms with Crippen molar-refractivity contribution >= 4 is 0 Å². The number of phenols is 1. The summed E-state index contributed by atoms with van der Waals surface area (Å²) in [5, 5.41) is 23.3. The van der Waals surface area contributed by atoms with Gasteiger partial charge in [-0.3, -0.25) is 4.90 Å². The van der Waals surface area contributed by atoms with E-state index in [1.165, 1.54) is 0 Å². The van der Waals surface area contributed by atoms with Crippen LogP contribution in [0.2, 0.25) is 0 Å². The maximum Gasteiger partial charge on any atom is 0.233 e. The van der Waals surface area contributed by atoms with Gasteiger partial charge >= 0.3 is 0 Å². The SMILES string of the molecule is Cc1ccn(-c2ccc(-c3ccc(OC4CC5C(F)CC(C)(C4)N5C)nn3)c(O)c2)n1. The summed E-state index contributed by atoms with van der Waals surface area (Å²) in [6, 6.07) is 10.6. The van der Waals surface area contributed by atoms with E-state index < -0.39 is 6.17 Å². The lowest BCUT2D eigenvalue weighted by atomic mass is 9.89. The summed E-state index contributed by atoms with van der Waals surface area (Å²) in [6.45, 7) is 4.01. The van der Waals surface area contributed by atoms with Crippen LogP contribution in [0.4, 0.5) is 4.39 Å². The average molecular weight is 423 g/mol. The maximum atomic E-state index is 14.3. The molecule has 7 nitrogen and oxygen atoms in total. The number of aromatic nitrogens is 4. The third kappa shape index (κ3) is 3.54. The molecule has 2 fully saturated rings. The quantitative estimate of drug-likeness (QED) is 0.690. The largest absolute Gasteiger partial charge is 0.507 e. The number of fused-ring (bicyclic) bond motifs is 2. The molecule has 0 saturated carbocycles. The number of benzene rings is 1. The first kappa shape index (κ1) is 19.9. The highest BCUT2D eigenvalue weighted by Crippen LogP contribution is 2.45. The molecule has 2 saturated heterocycles. The standard InChI is InChI=1S/C23H26FN5O2/c1-14-8-9-29(27-14)15-4-5-17(21(30)10-15)19-6-7-22(26-25-19)31-16-11-20-18(24)13-23(2,12-16)28(20)3/h4-10,16,18,20,30H,11-13H2,1-3H3. The Hall–Kier alpha value is -3.00. The van der Waals surface area contributed by atoms with E-state index in [0.717, 1.165) is 17.8 Å². The summed E-state index contributed by atoms with van der Waals surface area (Å²) in [4.78, 5) is 2.16. The van der Waals surface area contributed by atoms with Crippen LogP contribution in [-0.2, 0) is 0 Å². The van der Waals surface area contributed by atoms with E-state index >= 15 is 0 Å².